The molecule has 0 aliphatic heterocycles. The minimum Gasteiger partial charge on any atom is -1.00 e. The first kappa shape index (κ1) is 9.35. The summed E-state index contributed by atoms with van der Waals surface area (Å²) in [4.78, 5) is 0. The predicted octanol–water partition coefficient (Wildman–Crippen LogP) is 1.14. The van der Waals surface area contributed by atoms with Crippen LogP contribution in [0.25, 0.3) is 0 Å². The number of halogens is 4. The maximum absolute atomic E-state index is 9.75. The third-order valence-corrected chi connectivity index (χ3v) is 0. The summed E-state index contributed by atoms with van der Waals surface area (Å²) in [6, 6.07) is 0. The van der Waals surface area contributed by atoms with Crippen molar-refractivity contribution in [3.05, 3.63) is 0 Å². The molecular weight excluding hydrogens is 95.8 g/mol. The van der Waals surface area contributed by atoms with Crippen LogP contribution in [0.4, 0.5) is 17.3 Å². The molecule has 0 aliphatic rings. The van der Waals surface area contributed by atoms with Crippen LogP contribution in [0, 0.1) is 0 Å². The van der Waals surface area contributed by atoms with Crippen molar-refractivity contribution in [2.75, 3.05) is 0 Å². The fourth-order valence-electron chi connectivity index (χ4n) is 0. The fraction of sp³-hybridized carbons (Fsp3) is 0. The molecule has 0 atom stereocenters. The largest absolute Gasteiger partial charge is 2.00 e. The van der Waals surface area contributed by atoms with Crippen molar-refractivity contribution in [1.82, 2.24) is 0 Å². The van der Waals surface area contributed by atoms with E-state index in [9.17, 15) is 17.3 Å². The van der Waals surface area contributed by atoms with Crippen LogP contribution in [-0.2, 0) is 0 Å². The molecule has 0 aromatic heterocycles. The van der Waals surface area contributed by atoms with Gasteiger partial charge >= 0.3 is 17.4 Å². The molecule has 6 heteroatoms. The Kier molecular flexibility index (Phi) is 3.40. The third kappa shape index (κ3) is 16100. The monoisotopic (exact) mass is 98.0 g/mol. The summed E-state index contributed by atoms with van der Waals surface area (Å²) in [6.45, 7) is 0. The SMILES string of the molecule is F[B-](F)(F)F.[Be+2].[H-].[H-]. The van der Waals surface area contributed by atoms with Gasteiger partial charge in [-0.3, -0.25) is 0 Å². The number of hydrogen-bond donors (Lipinski definition) is 0. The Morgan fingerprint density at radius 1 is 1.00 bits per heavy atom. The normalized spacial score (nSPS) is 10.0. The molecule has 0 saturated heterocycles. The molecule has 0 aromatic rings. The van der Waals surface area contributed by atoms with Gasteiger partial charge in [0.1, 0.15) is 0 Å². The van der Waals surface area contributed by atoms with Crippen LogP contribution in [0.2, 0.25) is 0 Å². The van der Waals surface area contributed by atoms with E-state index < -0.39 is 7.25 Å². The minimum absolute atomic E-state index is 0. The first-order valence-corrected chi connectivity index (χ1v) is 0.873. The van der Waals surface area contributed by atoms with Gasteiger partial charge in [0.2, 0.25) is 0 Å². The molecule has 0 fully saturated rings. The van der Waals surface area contributed by atoms with Gasteiger partial charge in [-0.1, -0.05) is 0 Å². The smallest absolute Gasteiger partial charge is 1.00 e. The van der Waals surface area contributed by atoms with E-state index in [4.69, 9.17) is 0 Å². The Bertz CT molecular complexity index is 29.5. The molecule has 0 N–H and O–H groups in total. The Morgan fingerprint density at radius 2 is 1.00 bits per heavy atom. The summed E-state index contributed by atoms with van der Waals surface area (Å²) >= 11 is 0. The molecule has 6 heavy (non-hydrogen) atoms. The molecule has 36 valence electrons. The van der Waals surface area contributed by atoms with E-state index in [0.717, 1.165) is 0 Å². The molecule has 0 rings (SSSR count). The van der Waals surface area contributed by atoms with Crippen LogP contribution in [0.1, 0.15) is 2.85 Å². The van der Waals surface area contributed by atoms with E-state index in [-0.39, 0.29) is 13.0 Å². The van der Waals surface area contributed by atoms with E-state index in [1.165, 1.54) is 0 Å². The summed E-state index contributed by atoms with van der Waals surface area (Å²) in [7, 11) is -6.00. The molecule has 0 aliphatic carbocycles. The molecule has 0 spiro atoms. The van der Waals surface area contributed by atoms with Gasteiger partial charge in [-0.15, -0.1) is 0 Å². The topological polar surface area (TPSA) is 0 Å². The summed E-state index contributed by atoms with van der Waals surface area (Å²) in [5.41, 5.74) is 0. The minimum atomic E-state index is -6.00. The van der Waals surface area contributed by atoms with E-state index in [1.54, 1.807) is 0 Å². The molecule has 0 radical (unpaired) electrons. The van der Waals surface area contributed by atoms with Gasteiger partial charge in [-0.25, -0.2) is 0 Å². The van der Waals surface area contributed by atoms with Crippen LogP contribution in [0.5, 0.6) is 0 Å². The first-order chi connectivity index (χ1) is 2.00. The van der Waals surface area contributed by atoms with Crippen molar-refractivity contribution in [1.29, 1.82) is 0 Å². The van der Waals surface area contributed by atoms with Crippen LogP contribution in [-0.4, -0.2) is 17.4 Å². The number of hydrogen-bond acceptors (Lipinski definition) is 0. The van der Waals surface area contributed by atoms with Crippen LogP contribution >= 0.6 is 0 Å². The zero-order valence-electron chi connectivity index (χ0n) is 4.80. The van der Waals surface area contributed by atoms with Gasteiger partial charge < -0.3 is 20.1 Å². The van der Waals surface area contributed by atoms with Crippen LogP contribution < -0.4 is 0 Å². The van der Waals surface area contributed by atoms with E-state index in [1.807, 2.05) is 0 Å². The van der Waals surface area contributed by atoms with Gasteiger partial charge in [-0.05, 0) is 0 Å². The van der Waals surface area contributed by atoms with Crippen molar-refractivity contribution >= 4 is 17.4 Å². The molecule has 0 bridgehead atoms. The van der Waals surface area contributed by atoms with Crippen molar-refractivity contribution in [3.8, 4) is 0 Å². The molecule has 0 saturated carbocycles. The summed E-state index contributed by atoms with van der Waals surface area (Å²) in [5, 5.41) is 0. The second-order valence-electron chi connectivity index (χ2n) is 0.495. The molecule has 0 aromatic carbocycles. The van der Waals surface area contributed by atoms with Gasteiger partial charge in [0.05, 0.1) is 0 Å². The van der Waals surface area contributed by atoms with Crippen molar-refractivity contribution in [2.24, 2.45) is 0 Å². The fourth-order valence-corrected chi connectivity index (χ4v) is 0. The zero-order chi connectivity index (χ0) is 4.50. The van der Waals surface area contributed by atoms with Gasteiger partial charge in [0, 0.05) is 0 Å². The molecule has 0 heterocycles. The van der Waals surface area contributed by atoms with E-state index >= 15 is 0 Å². The Labute approximate surface area is 38.8 Å². The summed E-state index contributed by atoms with van der Waals surface area (Å²) in [5.74, 6) is 0. The second kappa shape index (κ2) is 2.18. The van der Waals surface area contributed by atoms with Crippen molar-refractivity contribution in [3.63, 3.8) is 0 Å². The quantitative estimate of drug-likeness (QED) is 0.314. The maximum Gasteiger partial charge on any atom is 2.00 e. The Hall–Kier alpha value is -0.0462. The molecule has 0 nitrogen and oxygen atoms in total. The predicted molar refractivity (Wildman–Crippen MR) is 18.2 cm³/mol. The maximum atomic E-state index is 9.75. The third-order valence-electron chi connectivity index (χ3n) is 0. The van der Waals surface area contributed by atoms with Gasteiger partial charge in [0.25, 0.3) is 0 Å². The van der Waals surface area contributed by atoms with Crippen LogP contribution in [0.3, 0.4) is 0 Å². The Morgan fingerprint density at radius 3 is 1.00 bits per heavy atom. The van der Waals surface area contributed by atoms with Gasteiger partial charge in [-0.2, -0.15) is 0 Å². The second-order valence-corrected chi connectivity index (χ2v) is 0.495. The van der Waals surface area contributed by atoms with E-state index in [0.29, 0.717) is 0 Å². The standard InChI is InChI=1S/BF4.Be.2H/c2-1(3,4)5;;;/q-1;+2;2*-1. The first-order valence-electron chi connectivity index (χ1n) is 0.873. The van der Waals surface area contributed by atoms with E-state index in [2.05, 4.69) is 0 Å². The van der Waals surface area contributed by atoms with Crippen molar-refractivity contribution in [2.45, 2.75) is 0 Å². The Balaban J connectivity index is -0.0000000267. The van der Waals surface area contributed by atoms with Gasteiger partial charge in [0.15, 0.2) is 0 Å². The average Bonchev–Trinajstić information content (AvgIpc) is 0.722. The average molecular weight is 97.8 g/mol. The van der Waals surface area contributed by atoms with Crippen LogP contribution in [0.15, 0.2) is 0 Å². The van der Waals surface area contributed by atoms with Crippen molar-refractivity contribution < 1.29 is 20.1 Å². The summed E-state index contributed by atoms with van der Waals surface area (Å²) in [6.07, 6.45) is 0. The molecule has 0 amide bonds. The summed E-state index contributed by atoms with van der Waals surface area (Å²) < 4.78 is 39.0. The molecule has 0 unspecified atom stereocenters. The zero-order valence-corrected chi connectivity index (χ0v) is 2.80. The number of rotatable bonds is 0. The molecular formula is H2BBeF4-.